The van der Waals surface area contributed by atoms with Gasteiger partial charge in [0.15, 0.2) is 0 Å². The number of aliphatic hydroxyl groups excluding tert-OH is 1. The molecule has 92 valence electrons. The first-order chi connectivity index (χ1) is 8.36. The molecule has 0 aliphatic heterocycles. The fraction of sp³-hybridized carbons (Fsp3) is 0.462. The molecule has 1 aromatic heterocycles. The van der Waals surface area contributed by atoms with E-state index in [4.69, 9.17) is 4.74 Å². The molecule has 0 bridgehead atoms. The van der Waals surface area contributed by atoms with E-state index in [9.17, 15) is 5.11 Å². The maximum atomic E-state index is 9.31. The van der Waals surface area contributed by atoms with Gasteiger partial charge < -0.3 is 14.4 Å². The topological polar surface area (TPSA) is 47.3 Å². The average molecular weight is 234 g/mol. The Kier molecular flexibility index (Phi) is 4.12. The molecule has 4 nitrogen and oxygen atoms in total. The maximum absolute atomic E-state index is 9.31. The maximum Gasteiger partial charge on any atom is 0.135 e. The van der Waals surface area contributed by atoms with Gasteiger partial charge in [-0.1, -0.05) is 12.1 Å². The molecule has 2 rings (SSSR count). The van der Waals surface area contributed by atoms with Crippen molar-refractivity contribution in [2.75, 3.05) is 13.2 Å². The fourth-order valence-corrected chi connectivity index (χ4v) is 1.96. The number of ether oxygens (including phenoxy) is 1. The molecule has 1 heterocycles. The van der Waals surface area contributed by atoms with Crippen LogP contribution in [0.15, 0.2) is 24.3 Å². The first-order valence-corrected chi connectivity index (χ1v) is 5.99. The first kappa shape index (κ1) is 12.1. The van der Waals surface area contributed by atoms with Crippen LogP contribution in [0.2, 0.25) is 0 Å². The summed E-state index contributed by atoms with van der Waals surface area (Å²) in [5.74, 6) is 0.725. The van der Waals surface area contributed by atoms with Crippen LogP contribution in [-0.2, 0) is 17.9 Å². The van der Waals surface area contributed by atoms with E-state index >= 15 is 0 Å². The number of rotatable bonds is 6. The summed E-state index contributed by atoms with van der Waals surface area (Å²) in [7, 11) is 0. The Morgan fingerprint density at radius 2 is 2.18 bits per heavy atom. The highest BCUT2D eigenvalue weighted by Crippen LogP contribution is 2.16. The van der Waals surface area contributed by atoms with Crippen molar-refractivity contribution in [3.05, 3.63) is 30.1 Å². The van der Waals surface area contributed by atoms with E-state index in [0.29, 0.717) is 0 Å². The van der Waals surface area contributed by atoms with Gasteiger partial charge in [0.1, 0.15) is 12.4 Å². The number of fused-ring (bicyclic) bond motifs is 1. The van der Waals surface area contributed by atoms with Gasteiger partial charge in [-0.25, -0.2) is 4.98 Å². The second kappa shape index (κ2) is 5.80. The van der Waals surface area contributed by atoms with Gasteiger partial charge in [-0.05, 0) is 25.5 Å². The third-order valence-corrected chi connectivity index (χ3v) is 2.75. The SMILES string of the molecule is CCOCCCn1c(CO)nc2ccccc21. The summed E-state index contributed by atoms with van der Waals surface area (Å²) in [6.07, 6.45) is 0.932. The second-order valence-electron chi connectivity index (χ2n) is 3.88. The van der Waals surface area contributed by atoms with Gasteiger partial charge in [0.05, 0.1) is 11.0 Å². The smallest absolute Gasteiger partial charge is 0.135 e. The van der Waals surface area contributed by atoms with E-state index < -0.39 is 0 Å². The van der Waals surface area contributed by atoms with Crippen LogP contribution in [0.5, 0.6) is 0 Å². The lowest BCUT2D eigenvalue weighted by Gasteiger charge is -2.07. The summed E-state index contributed by atoms with van der Waals surface area (Å²) in [5.41, 5.74) is 2.01. The number of aryl methyl sites for hydroxylation is 1. The summed E-state index contributed by atoms with van der Waals surface area (Å²) in [4.78, 5) is 4.40. The van der Waals surface area contributed by atoms with Crippen LogP contribution < -0.4 is 0 Å². The van der Waals surface area contributed by atoms with Crippen molar-refractivity contribution < 1.29 is 9.84 Å². The van der Waals surface area contributed by atoms with Gasteiger partial charge in [0.2, 0.25) is 0 Å². The quantitative estimate of drug-likeness (QED) is 0.777. The lowest BCUT2D eigenvalue weighted by molar-refractivity contribution is 0.141. The average Bonchev–Trinajstić information content (AvgIpc) is 2.73. The molecule has 0 atom stereocenters. The third kappa shape index (κ3) is 2.65. The molecular weight excluding hydrogens is 216 g/mol. The Morgan fingerprint density at radius 3 is 2.94 bits per heavy atom. The van der Waals surface area contributed by atoms with Gasteiger partial charge in [0.25, 0.3) is 0 Å². The molecule has 0 saturated heterocycles. The number of benzene rings is 1. The molecule has 0 aliphatic rings. The summed E-state index contributed by atoms with van der Waals surface area (Å²) in [5, 5.41) is 9.31. The van der Waals surface area contributed by atoms with Gasteiger partial charge in [-0.15, -0.1) is 0 Å². The molecule has 0 radical (unpaired) electrons. The Balaban J connectivity index is 2.18. The van der Waals surface area contributed by atoms with Crippen LogP contribution in [0.1, 0.15) is 19.2 Å². The van der Waals surface area contributed by atoms with Gasteiger partial charge in [-0.2, -0.15) is 0 Å². The molecule has 4 heteroatoms. The van der Waals surface area contributed by atoms with E-state index in [-0.39, 0.29) is 6.61 Å². The monoisotopic (exact) mass is 234 g/mol. The van der Waals surface area contributed by atoms with Crippen molar-refractivity contribution in [2.24, 2.45) is 0 Å². The molecule has 0 saturated carbocycles. The van der Waals surface area contributed by atoms with Gasteiger partial charge >= 0.3 is 0 Å². The Labute approximate surface area is 101 Å². The molecule has 1 aromatic carbocycles. The van der Waals surface area contributed by atoms with E-state index in [0.717, 1.165) is 43.0 Å². The minimum atomic E-state index is -0.0245. The largest absolute Gasteiger partial charge is 0.388 e. The normalized spacial score (nSPS) is 11.2. The van der Waals surface area contributed by atoms with Crippen LogP contribution in [0, 0.1) is 0 Å². The van der Waals surface area contributed by atoms with Crippen molar-refractivity contribution >= 4 is 11.0 Å². The van der Waals surface area contributed by atoms with Crippen LogP contribution in [0.3, 0.4) is 0 Å². The number of nitrogens with zero attached hydrogens (tertiary/aromatic N) is 2. The van der Waals surface area contributed by atoms with Crippen molar-refractivity contribution in [2.45, 2.75) is 26.5 Å². The molecule has 0 spiro atoms. The molecular formula is C13H18N2O2. The fourth-order valence-electron chi connectivity index (χ4n) is 1.96. The molecule has 0 fully saturated rings. The number of aromatic nitrogens is 2. The lowest BCUT2D eigenvalue weighted by atomic mass is 10.3. The van der Waals surface area contributed by atoms with Crippen LogP contribution in [-0.4, -0.2) is 27.9 Å². The second-order valence-corrected chi connectivity index (χ2v) is 3.88. The van der Waals surface area contributed by atoms with Gasteiger partial charge in [0, 0.05) is 19.8 Å². The first-order valence-electron chi connectivity index (χ1n) is 5.99. The van der Waals surface area contributed by atoms with E-state index in [1.54, 1.807) is 0 Å². The van der Waals surface area contributed by atoms with E-state index in [2.05, 4.69) is 9.55 Å². The predicted octanol–water partition coefficient (Wildman–Crippen LogP) is 1.96. The van der Waals surface area contributed by atoms with Crippen LogP contribution in [0.4, 0.5) is 0 Å². The minimum Gasteiger partial charge on any atom is -0.388 e. The Bertz CT molecular complexity index is 479. The lowest BCUT2D eigenvalue weighted by Crippen LogP contribution is -2.06. The molecule has 0 aliphatic carbocycles. The molecule has 17 heavy (non-hydrogen) atoms. The summed E-state index contributed by atoms with van der Waals surface area (Å²) >= 11 is 0. The predicted molar refractivity (Wildman–Crippen MR) is 66.8 cm³/mol. The van der Waals surface area contributed by atoms with Crippen molar-refractivity contribution in [3.63, 3.8) is 0 Å². The summed E-state index contributed by atoms with van der Waals surface area (Å²) in [6, 6.07) is 7.95. The summed E-state index contributed by atoms with van der Waals surface area (Å²) in [6.45, 7) is 4.29. The number of imidazole rings is 1. The molecule has 0 unspecified atom stereocenters. The van der Waals surface area contributed by atoms with Gasteiger partial charge in [-0.3, -0.25) is 0 Å². The highest BCUT2D eigenvalue weighted by atomic mass is 16.5. The zero-order chi connectivity index (χ0) is 12.1. The standard InChI is InChI=1S/C13H18N2O2/c1-2-17-9-5-8-15-12-7-4-3-6-11(12)14-13(15)10-16/h3-4,6-7,16H,2,5,8-10H2,1H3. The zero-order valence-electron chi connectivity index (χ0n) is 10.1. The molecule has 1 N–H and O–H groups in total. The number of hydrogen-bond donors (Lipinski definition) is 1. The van der Waals surface area contributed by atoms with Crippen molar-refractivity contribution in [1.82, 2.24) is 9.55 Å². The van der Waals surface area contributed by atoms with Crippen molar-refractivity contribution in [1.29, 1.82) is 0 Å². The minimum absolute atomic E-state index is 0.0245. The molecule has 0 amide bonds. The third-order valence-electron chi connectivity index (χ3n) is 2.75. The zero-order valence-corrected chi connectivity index (χ0v) is 10.1. The molecule has 2 aromatic rings. The summed E-state index contributed by atoms with van der Waals surface area (Å²) < 4.78 is 7.38. The van der Waals surface area contributed by atoms with Crippen LogP contribution in [0.25, 0.3) is 11.0 Å². The Hall–Kier alpha value is -1.39. The van der Waals surface area contributed by atoms with E-state index in [1.807, 2.05) is 31.2 Å². The number of aliphatic hydroxyl groups is 1. The van der Waals surface area contributed by atoms with E-state index in [1.165, 1.54) is 0 Å². The highest BCUT2D eigenvalue weighted by Gasteiger charge is 2.08. The number of para-hydroxylation sites is 2. The van der Waals surface area contributed by atoms with Crippen molar-refractivity contribution in [3.8, 4) is 0 Å². The number of hydrogen-bond acceptors (Lipinski definition) is 3. The van der Waals surface area contributed by atoms with Crippen LogP contribution >= 0.6 is 0 Å². The Morgan fingerprint density at radius 1 is 1.35 bits per heavy atom. The highest BCUT2D eigenvalue weighted by molar-refractivity contribution is 5.75.